The Hall–Kier alpha value is -3.41. The molecule has 0 heterocycles. The minimum Gasteiger partial charge on any atom is -0.375 e. The Morgan fingerprint density at radius 1 is 1.00 bits per heavy atom. The second kappa shape index (κ2) is 13.5. The summed E-state index contributed by atoms with van der Waals surface area (Å²) >= 11 is 0. The van der Waals surface area contributed by atoms with E-state index in [1.54, 1.807) is 19.1 Å². The minimum absolute atomic E-state index is 0.0409. The van der Waals surface area contributed by atoms with Crippen LogP contribution in [-0.4, -0.2) is 45.4 Å². The standard InChI is InChI=1S/C30H36F3N3O4S/c1-4-15-36(41(3,38)39)26-17-23(20-40-21-29(2,34)19-22-11-7-5-8-12-22)16-25(18-26)28(37)35-27(30(31,32)33)24-13-9-6-10-14-24/h5-14,16-18,27H,4,15,19-21,34H2,1-3H3,(H,35,37). The fourth-order valence-electron chi connectivity index (χ4n) is 4.45. The first-order valence-corrected chi connectivity index (χ1v) is 15.0. The summed E-state index contributed by atoms with van der Waals surface area (Å²) in [5.41, 5.74) is 7.05. The highest BCUT2D eigenvalue weighted by Crippen LogP contribution is 2.33. The molecule has 0 fully saturated rings. The number of hydrogen-bond donors (Lipinski definition) is 2. The topological polar surface area (TPSA) is 102 Å². The lowest BCUT2D eigenvalue weighted by atomic mass is 9.95. The van der Waals surface area contributed by atoms with Crippen molar-refractivity contribution in [2.75, 3.05) is 23.7 Å². The zero-order valence-electron chi connectivity index (χ0n) is 23.3. The second-order valence-electron chi connectivity index (χ2n) is 10.4. The Balaban J connectivity index is 1.90. The van der Waals surface area contributed by atoms with Gasteiger partial charge in [-0.3, -0.25) is 9.10 Å². The third kappa shape index (κ3) is 9.58. The minimum atomic E-state index is -4.76. The molecule has 0 saturated carbocycles. The summed E-state index contributed by atoms with van der Waals surface area (Å²) in [6.45, 7) is 3.85. The molecular weight excluding hydrogens is 555 g/mol. The van der Waals surface area contributed by atoms with E-state index in [-0.39, 0.29) is 36.6 Å². The van der Waals surface area contributed by atoms with E-state index in [9.17, 15) is 26.4 Å². The van der Waals surface area contributed by atoms with Crippen LogP contribution >= 0.6 is 0 Å². The fraction of sp³-hybridized carbons (Fsp3) is 0.367. The summed E-state index contributed by atoms with van der Waals surface area (Å²) in [5, 5.41) is 2.07. The van der Waals surface area contributed by atoms with Gasteiger partial charge in [-0.1, -0.05) is 67.6 Å². The van der Waals surface area contributed by atoms with Crippen molar-refractivity contribution in [3.8, 4) is 0 Å². The van der Waals surface area contributed by atoms with Gasteiger partial charge in [0.25, 0.3) is 5.91 Å². The molecule has 0 saturated heterocycles. The Labute approximate surface area is 239 Å². The summed E-state index contributed by atoms with van der Waals surface area (Å²) in [6, 6.07) is 18.7. The van der Waals surface area contributed by atoms with Crippen molar-refractivity contribution in [3.63, 3.8) is 0 Å². The van der Waals surface area contributed by atoms with E-state index in [2.05, 4.69) is 5.32 Å². The molecule has 0 aliphatic rings. The van der Waals surface area contributed by atoms with Crippen molar-refractivity contribution in [1.29, 1.82) is 0 Å². The van der Waals surface area contributed by atoms with E-state index in [0.29, 0.717) is 18.4 Å². The van der Waals surface area contributed by atoms with E-state index in [0.717, 1.165) is 16.1 Å². The highest BCUT2D eigenvalue weighted by Gasteiger charge is 2.42. The van der Waals surface area contributed by atoms with Gasteiger partial charge in [-0.2, -0.15) is 13.2 Å². The number of anilines is 1. The highest BCUT2D eigenvalue weighted by atomic mass is 32.2. The largest absolute Gasteiger partial charge is 0.412 e. The first-order chi connectivity index (χ1) is 19.2. The Morgan fingerprint density at radius 2 is 1.61 bits per heavy atom. The molecule has 3 N–H and O–H groups in total. The molecule has 222 valence electrons. The Kier molecular flexibility index (Phi) is 10.6. The molecule has 41 heavy (non-hydrogen) atoms. The van der Waals surface area contributed by atoms with Crippen LogP contribution in [0.5, 0.6) is 0 Å². The van der Waals surface area contributed by atoms with Crippen molar-refractivity contribution >= 4 is 21.6 Å². The van der Waals surface area contributed by atoms with Crippen LogP contribution in [0.4, 0.5) is 18.9 Å². The number of rotatable bonds is 13. The summed E-state index contributed by atoms with van der Waals surface area (Å²) in [4.78, 5) is 13.2. The van der Waals surface area contributed by atoms with Crippen molar-refractivity contribution in [3.05, 3.63) is 101 Å². The van der Waals surface area contributed by atoms with Gasteiger partial charge in [-0.15, -0.1) is 0 Å². The average Bonchev–Trinajstić information content (AvgIpc) is 2.89. The average molecular weight is 592 g/mol. The second-order valence-corrected chi connectivity index (χ2v) is 12.3. The Morgan fingerprint density at radius 3 is 2.17 bits per heavy atom. The van der Waals surface area contributed by atoms with Crippen molar-refractivity contribution in [2.45, 2.75) is 51.1 Å². The molecule has 2 atom stereocenters. The molecule has 3 aromatic carbocycles. The molecule has 3 rings (SSSR count). The SMILES string of the molecule is CCCN(c1cc(COCC(C)(N)Cc2ccccc2)cc(C(=O)NC(c2ccccc2)C(F)(F)F)c1)S(C)(=O)=O. The van der Waals surface area contributed by atoms with Crippen LogP contribution in [0.3, 0.4) is 0 Å². The van der Waals surface area contributed by atoms with Gasteiger partial charge in [0.05, 0.1) is 25.2 Å². The smallest absolute Gasteiger partial charge is 0.375 e. The van der Waals surface area contributed by atoms with E-state index in [1.807, 2.05) is 37.3 Å². The van der Waals surface area contributed by atoms with Gasteiger partial charge in [0, 0.05) is 17.6 Å². The number of carbonyl (C=O) groups is 1. The number of nitrogens with one attached hydrogen (secondary N) is 1. The number of halogens is 3. The predicted molar refractivity (Wildman–Crippen MR) is 154 cm³/mol. The van der Waals surface area contributed by atoms with Crippen LogP contribution in [0, 0.1) is 0 Å². The number of carbonyl (C=O) groups excluding carboxylic acids is 1. The molecule has 0 spiro atoms. The highest BCUT2D eigenvalue weighted by molar-refractivity contribution is 7.92. The molecule has 3 aromatic rings. The molecule has 11 heteroatoms. The molecule has 1 amide bonds. The van der Waals surface area contributed by atoms with Gasteiger partial charge in [0.2, 0.25) is 10.0 Å². The van der Waals surface area contributed by atoms with Gasteiger partial charge in [0.15, 0.2) is 6.04 Å². The summed E-state index contributed by atoms with van der Waals surface area (Å²) < 4.78 is 73.9. The number of amides is 1. The molecule has 0 radical (unpaired) electrons. The maximum absolute atomic E-state index is 13.9. The van der Waals surface area contributed by atoms with Crippen LogP contribution in [0.15, 0.2) is 78.9 Å². The first-order valence-electron chi connectivity index (χ1n) is 13.1. The lowest BCUT2D eigenvalue weighted by Gasteiger charge is -2.26. The fourth-order valence-corrected chi connectivity index (χ4v) is 5.45. The number of alkyl halides is 3. The van der Waals surface area contributed by atoms with Crippen LogP contribution in [0.25, 0.3) is 0 Å². The molecule has 0 aromatic heterocycles. The monoisotopic (exact) mass is 591 g/mol. The van der Waals surface area contributed by atoms with Crippen LogP contribution < -0.4 is 15.4 Å². The maximum atomic E-state index is 13.9. The molecule has 0 aliphatic carbocycles. The molecule has 0 bridgehead atoms. The lowest BCUT2D eigenvalue weighted by molar-refractivity contribution is -0.155. The van der Waals surface area contributed by atoms with Crippen LogP contribution in [0.2, 0.25) is 0 Å². The number of nitrogens with two attached hydrogens (primary N) is 1. The summed E-state index contributed by atoms with van der Waals surface area (Å²) in [6.07, 6.45) is -2.71. The maximum Gasteiger partial charge on any atom is 0.412 e. The third-order valence-corrected chi connectivity index (χ3v) is 7.44. The molecular formula is C30H36F3N3O4S. The number of benzene rings is 3. The van der Waals surface area contributed by atoms with Gasteiger partial charge in [-0.25, -0.2) is 8.42 Å². The number of ether oxygens (including phenoxy) is 1. The summed E-state index contributed by atoms with van der Waals surface area (Å²) in [5.74, 6) is -1.00. The number of sulfonamides is 1. The van der Waals surface area contributed by atoms with Crippen LogP contribution in [0.1, 0.15) is 53.4 Å². The van der Waals surface area contributed by atoms with Crippen molar-refractivity contribution in [1.82, 2.24) is 5.32 Å². The van der Waals surface area contributed by atoms with E-state index in [1.165, 1.54) is 36.4 Å². The predicted octanol–water partition coefficient (Wildman–Crippen LogP) is 5.37. The molecule has 7 nitrogen and oxygen atoms in total. The molecule has 2 unspecified atom stereocenters. The van der Waals surface area contributed by atoms with Gasteiger partial charge in [0.1, 0.15) is 0 Å². The molecule has 0 aliphatic heterocycles. The van der Waals surface area contributed by atoms with E-state index >= 15 is 0 Å². The van der Waals surface area contributed by atoms with Gasteiger partial charge in [-0.05, 0) is 54.7 Å². The zero-order valence-corrected chi connectivity index (χ0v) is 24.1. The van der Waals surface area contributed by atoms with Crippen LogP contribution in [-0.2, 0) is 27.8 Å². The quantitative estimate of drug-likeness (QED) is 0.278. The normalized spacial score (nSPS) is 14.2. The van der Waals surface area contributed by atoms with Crippen molar-refractivity contribution in [2.24, 2.45) is 5.73 Å². The van der Waals surface area contributed by atoms with Gasteiger partial charge < -0.3 is 15.8 Å². The van der Waals surface area contributed by atoms with E-state index in [4.69, 9.17) is 10.5 Å². The zero-order chi connectivity index (χ0) is 30.3. The lowest BCUT2D eigenvalue weighted by Crippen LogP contribution is -2.43. The third-order valence-electron chi connectivity index (χ3n) is 6.24. The number of nitrogens with zero attached hydrogens (tertiary/aromatic N) is 1. The first kappa shape index (κ1) is 32.1. The summed E-state index contributed by atoms with van der Waals surface area (Å²) in [7, 11) is -3.75. The van der Waals surface area contributed by atoms with Gasteiger partial charge >= 0.3 is 6.18 Å². The number of hydrogen-bond acceptors (Lipinski definition) is 5. The van der Waals surface area contributed by atoms with Crippen molar-refractivity contribution < 1.29 is 31.1 Å². The Bertz CT molecular complexity index is 1400. The van der Waals surface area contributed by atoms with E-state index < -0.39 is 33.7 Å².